The molecule has 9 nitrogen and oxygen atoms in total. The SMILES string of the molecule is COc1cc(OC)cc(C(=O)NNC(=O)Cc2ccc(OC)c(OC)c2OC)c1. The molecule has 0 bridgehead atoms. The van der Waals surface area contributed by atoms with Gasteiger partial charge in [0.15, 0.2) is 11.5 Å². The molecule has 0 fully saturated rings. The summed E-state index contributed by atoms with van der Waals surface area (Å²) in [5.41, 5.74) is 5.58. The van der Waals surface area contributed by atoms with Gasteiger partial charge in [-0.1, -0.05) is 6.07 Å². The molecule has 156 valence electrons. The van der Waals surface area contributed by atoms with E-state index in [4.69, 9.17) is 23.7 Å². The lowest BCUT2D eigenvalue weighted by molar-refractivity contribution is -0.121. The number of amides is 2. The molecule has 29 heavy (non-hydrogen) atoms. The maximum Gasteiger partial charge on any atom is 0.269 e. The van der Waals surface area contributed by atoms with Crippen LogP contribution in [0, 0.1) is 0 Å². The first kappa shape index (κ1) is 21.7. The first-order valence-corrected chi connectivity index (χ1v) is 8.57. The van der Waals surface area contributed by atoms with E-state index in [0.29, 0.717) is 34.3 Å². The van der Waals surface area contributed by atoms with Gasteiger partial charge in [0.25, 0.3) is 5.91 Å². The van der Waals surface area contributed by atoms with E-state index in [-0.39, 0.29) is 12.0 Å². The fourth-order valence-corrected chi connectivity index (χ4v) is 2.66. The van der Waals surface area contributed by atoms with Gasteiger partial charge < -0.3 is 23.7 Å². The first-order valence-electron chi connectivity index (χ1n) is 8.57. The molecule has 0 saturated heterocycles. The third-order valence-electron chi connectivity index (χ3n) is 4.07. The molecule has 2 aromatic rings. The topological polar surface area (TPSA) is 104 Å². The summed E-state index contributed by atoms with van der Waals surface area (Å²) in [5.74, 6) is 1.19. The molecule has 0 radical (unpaired) electrons. The quantitative estimate of drug-likeness (QED) is 0.646. The Kier molecular flexibility index (Phi) is 7.53. The average molecular weight is 404 g/mol. The fraction of sp³-hybridized carbons (Fsp3) is 0.300. The van der Waals surface area contributed by atoms with Crippen LogP contribution in [0.1, 0.15) is 15.9 Å². The molecular weight excluding hydrogens is 380 g/mol. The van der Waals surface area contributed by atoms with Crippen LogP contribution in [0.5, 0.6) is 28.7 Å². The summed E-state index contributed by atoms with van der Waals surface area (Å²) in [7, 11) is 7.42. The largest absolute Gasteiger partial charge is 0.497 e. The second-order valence-corrected chi connectivity index (χ2v) is 5.77. The van der Waals surface area contributed by atoms with E-state index < -0.39 is 11.8 Å². The smallest absolute Gasteiger partial charge is 0.269 e. The molecule has 2 aromatic carbocycles. The Morgan fingerprint density at radius 2 is 1.38 bits per heavy atom. The van der Waals surface area contributed by atoms with Crippen molar-refractivity contribution < 1.29 is 33.3 Å². The normalized spacial score (nSPS) is 9.97. The zero-order valence-corrected chi connectivity index (χ0v) is 17.0. The molecular formula is C20H24N2O7. The number of hydrogen-bond donors (Lipinski definition) is 2. The van der Waals surface area contributed by atoms with Gasteiger partial charge in [-0.25, -0.2) is 0 Å². The minimum Gasteiger partial charge on any atom is -0.497 e. The van der Waals surface area contributed by atoms with Gasteiger partial charge in [0.05, 0.1) is 42.0 Å². The van der Waals surface area contributed by atoms with Crippen molar-refractivity contribution in [3.63, 3.8) is 0 Å². The molecule has 0 atom stereocenters. The lowest BCUT2D eigenvalue weighted by Crippen LogP contribution is -2.42. The molecule has 0 heterocycles. The summed E-state index contributed by atoms with van der Waals surface area (Å²) < 4.78 is 26.2. The van der Waals surface area contributed by atoms with Crippen LogP contribution in [0.15, 0.2) is 30.3 Å². The van der Waals surface area contributed by atoms with Gasteiger partial charge >= 0.3 is 0 Å². The highest BCUT2D eigenvalue weighted by Gasteiger charge is 2.18. The molecule has 0 aliphatic rings. The van der Waals surface area contributed by atoms with Crippen molar-refractivity contribution in [2.45, 2.75) is 6.42 Å². The number of benzene rings is 2. The van der Waals surface area contributed by atoms with E-state index >= 15 is 0 Å². The zero-order chi connectivity index (χ0) is 21.4. The number of carbonyl (C=O) groups is 2. The standard InChI is InChI=1S/C20H24N2O7/c1-25-14-8-13(9-15(11-14)26-2)20(24)22-21-17(23)10-12-6-7-16(27-3)19(29-5)18(12)28-4/h6-9,11H,10H2,1-5H3,(H,21,23)(H,22,24). The number of rotatable bonds is 8. The van der Waals surface area contributed by atoms with Gasteiger partial charge in [0, 0.05) is 17.2 Å². The number of methoxy groups -OCH3 is 5. The lowest BCUT2D eigenvalue weighted by atomic mass is 10.1. The monoisotopic (exact) mass is 404 g/mol. The number of carbonyl (C=O) groups excluding carboxylic acids is 2. The summed E-state index contributed by atoms with van der Waals surface area (Å²) >= 11 is 0. The zero-order valence-electron chi connectivity index (χ0n) is 17.0. The second kappa shape index (κ2) is 10.1. The first-order chi connectivity index (χ1) is 14.0. The minimum atomic E-state index is -0.519. The Balaban J connectivity index is 2.08. The van der Waals surface area contributed by atoms with E-state index in [9.17, 15) is 9.59 Å². The lowest BCUT2D eigenvalue weighted by Gasteiger charge is -2.16. The number of hydrazine groups is 1. The number of hydrogen-bond acceptors (Lipinski definition) is 7. The molecule has 0 spiro atoms. The van der Waals surface area contributed by atoms with Crippen LogP contribution in [-0.2, 0) is 11.2 Å². The minimum absolute atomic E-state index is 0.0504. The van der Waals surface area contributed by atoms with Crippen LogP contribution in [-0.4, -0.2) is 47.4 Å². The van der Waals surface area contributed by atoms with Gasteiger partial charge in [0.2, 0.25) is 11.7 Å². The Bertz CT molecular complexity index is 861. The average Bonchev–Trinajstić information content (AvgIpc) is 2.76. The van der Waals surface area contributed by atoms with Crippen LogP contribution >= 0.6 is 0 Å². The van der Waals surface area contributed by atoms with Crippen molar-refractivity contribution in [1.82, 2.24) is 10.9 Å². The predicted octanol–water partition coefficient (Wildman–Crippen LogP) is 1.73. The highest BCUT2D eigenvalue weighted by Crippen LogP contribution is 2.39. The molecule has 0 saturated carbocycles. The predicted molar refractivity (Wildman–Crippen MR) is 105 cm³/mol. The Hall–Kier alpha value is -3.62. The Morgan fingerprint density at radius 3 is 1.90 bits per heavy atom. The highest BCUT2D eigenvalue weighted by atomic mass is 16.5. The van der Waals surface area contributed by atoms with Crippen molar-refractivity contribution in [1.29, 1.82) is 0 Å². The molecule has 2 amide bonds. The van der Waals surface area contributed by atoms with Gasteiger partial charge in [-0.3, -0.25) is 20.4 Å². The third kappa shape index (κ3) is 5.22. The van der Waals surface area contributed by atoms with Gasteiger partial charge in [-0.05, 0) is 18.2 Å². The molecule has 2 rings (SSSR count). The molecule has 0 aliphatic heterocycles. The van der Waals surface area contributed by atoms with Crippen LogP contribution in [0.3, 0.4) is 0 Å². The Labute approximate surface area is 168 Å². The van der Waals surface area contributed by atoms with E-state index in [1.165, 1.54) is 47.7 Å². The summed E-state index contributed by atoms with van der Waals surface area (Å²) in [6.07, 6.45) is -0.0504. The molecule has 0 aliphatic carbocycles. The van der Waals surface area contributed by atoms with Gasteiger partial charge in [-0.2, -0.15) is 0 Å². The van der Waals surface area contributed by atoms with Gasteiger partial charge in [-0.15, -0.1) is 0 Å². The van der Waals surface area contributed by atoms with Crippen LogP contribution < -0.4 is 34.5 Å². The van der Waals surface area contributed by atoms with Crippen molar-refractivity contribution in [3.8, 4) is 28.7 Å². The number of ether oxygens (including phenoxy) is 5. The maximum absolute atomic E-state index is 12.3. The van der Waals surface area contributed by atoms with E-state index in [1.807, 2.05) is 0 Å². The molecule has 9 heteroatoms. The van der Waals surface area contributed by atoms with E-state index in [2.05, 4.69) is 10.9 Å². The third-order valence-corrected chi connectivity index (χ3v) is 4.07. The summed E-state index contributed by atoms with van der Waals surface area (Å²) in [6, 6.07) is 8.06. The Morgan fingerprint density at radius 1 is 0.759 bits per heavy atom. The summed E-state index contributed by atoms with van der Waals surface area (Å²) in [4.78, 5) is 24.7. The van der Waals surface area contributed by atoms with Crippen molar-refractivity contribution >= 4 is 11.8 Å². The van der Waals surface area contributed by atoms with Crippen molar-refractivity contribution in [2.75, 3.05) is 35.5 Å². The van der Waals surface area contributed by atoms with Crippen LogP contribution in [0.25, 0.3) is 0 Å². The summed E-state index contributed by atoms with van der Waals surface area (Å²) in [5, 5.41) is 0. The maximum atomic E-state index is 12.3. The van der Waals surface area contributed by atoms with Gasteiger partial charge in [0.1, 0.15) is 11.5 Å². The van der Waals surface area contributed by atoms with Crippen LogP contribution in [0.2, 0.25) is 0 Å². The second-order valence-electron chi connectivity index (χ2n) is 5.77. The molecule has 0 aromatic heterocycles. The van der Waals surface area contributed by atoms with E-state index in [1.54, 1.807) is 18.2 Å². The van der Waals surface area contributed by atoms with Crippen LogP contribution in [0.4, 0.5) is 0 Å². The fourth-order valence-electron chi connectivity index (χ4n) is 2.66. The van der Waals surface area contributed by atoms with E-state index in [0.717, 1.165) is 0 Å². The number of nitrogens with one attached hydrogen (secondary N) is 2. The molecule has 2 N–H and O–H groups in total. The van der Waals surface area contributed by atoms with Crippen molar-refractivity contribution in [3.05, 3.63) is 41.5 Å². The highest BCUT2D eigenvalue weighted by molar-refractivity contribution is 5.96. The molecule has 0 unspecified atom stereocenters. The summed E-state index contributed by atoms with van der Waals surface area (Å²) in [6.45, 7) is 0. The van der Waals surface area contributed by atoms with Crippen molar-refractivity contribution in [2.24, 2.45) is 0 Å².